The van der Waals surface area contributed by atoms with Crippen LogP contribution in [0.1, 0.15) is 45.4 Å². The Morgan fingerprint density at radius 1 is 1.03 bits per heavy atom. The van der Waals surface area contributed by atoms with Gasteiger partial charge in [-0.25, -0.2) is 4.98 Å². The number of aromatic amines is 1. The Kier molecular flexibility index (Phi) is 6.23. The molecule has 0 atom stereocenters. The van der Waals surface area contributed by atoms with Gasteiger partial charge in [0, 0.05) is 29.8 Å². The van der Waals surface area contributed by atoms with E-state index in [1.165, 1.54) is 0 Å². The largest absolute Gasteiger partial charge is 0.491 e. The average Bonchev–Trinajstić information content (AvgIpc) is 3.12. The number of H-pyrrole nitrogens is 1. The maximum absolute atomic E-state index is 13.3. The van der Waals surface area contributed by atoms with E-state index in [-0.39, 0.29) is 11.8 Å². The fourth-order valence-electron chi connectivity index (χ4n) is 4.35. The Labute approximate surface area is 204 Å². The van der Waals surface area contributed by atoms with Gasteiger partial charge >= 0.3 is 0 Å². The van der Waals surface area contributed by atoms with Gasteiger partial charge in [-0.1, -0.05) is 19.1 Å². The van der Waals surface area contributed by atoms with E-state index in [0.717, 1.165) is 45.7 Å². The standard InChI is InChI=1S/C28H28N4O3/c1-3-12-29-27(33)19-4-6-20(7-5-19)28(34)32-13-14-35-26-11-9-21(15-23(26)17-32)22-8-10-24-25(16-22)31-18(2)30-24/h4-11,15-16H,3,12-14,17H2,1-2H3,(H,29,33)(H,30,31). The number of fused-ring (bicyclic) bond motifs is 2. The second-order valence-electron chi connectivity index (χ2n) is 8.79. The van der Waals surface area contributed by atoms with Crippen LogP contribution in [0.5, 0.6) is 5.75 Å². The molecule has 0 saturated heterocycles. The van der Waals surface area contributed by atoms with E-state index in [4.69, 9.17) is 4.74 Å². The summed E-state index contributed by atoms with van der Waals surface area (Å²) in [4.78, 5) is 35.0. The van der Waals surface area contributed by atoms with E-state index in [2.05, 4.69) is 33.5 Å². The highest BCUT2D eigenvalue weighted by Gasteiger charge is 2.22. The van der Waals surface area contributed by atoms with Gasteiger partial charge in [0.05, 0.1) is 17.6 Å². The first-order chi connectivity index (χ1) is 17.0. The van der Waals surface area contributed by atoms with E-state index in [1.807, 2.05) is 32.0 Å². The number of aryl methyl sites for hydroxylation is 1. The molecular formula is C28H28N4O3. The number of hydrogen-bond donors (Lipinski definition) is 2. The molecule has 3 aromatic carbocycles. The summed E-state index contributed by atoms with van der Waals surface area (Å²) in [5, 5.41) is 2.85. The average molecular weight is 469 g/mol. The second kappa shape index (κ2) is 9.62. The van der Waals surface area contributed by atoms with Crippen molar-refractivity contribution in [3.8, 4) is 16.9 Å². The Morgan fingerprint density at radius 2 is 1.77 bits per heavy atom. The predicted molar refractivity (Wildman–Crippen MR) is 136 cm³/mol. The van der Waals surface area contributed by atoms with Crippen molar-refractivity contribution in [1.29, 1.82) is 0 Å². The number of imidazole rings is 1. The molecule has 2 N–H and O–H groups in total. The Morgan fingerprint density at radius 3 is 2.57 bits per heavy atom. The number of rotatable bonds is 5. The lowest BCUT2D eigenvalue weighted by Gasteiger charge is -2.20. The summed E-state index contributed by atoms with van der Waals surface area (Å²) in [5.74, 6) is 1.47. The smallest absolute Gasteiger partial charge is 0.254 e. The van der Waals surface area contributed by atoms with Crippen LogP contribution in [-0.2, 0) is 6.54 Å². The van der Waals surface area contributed by atoms with Gasteiger partial charge in [-0.15, -0.1) is 0 Å². The first-order valence-electron chi connectivity index (χ1n) is 11.9. The summed E-state index contributed by atoms with van der Waals surface area (Å²) in [6, 6.07) is 19.1. The summed E-state index contributed by atoms with van der Waals surface area (Å²) < 4.78 is 5.95. The van der Waals surface area contributed by atoms with Crippen LogP contribution in [-0.4, -0.2) is 46.4 Å². The Bertz CT molecular complexity index is 1390. The van der Waals surface area contributed by atoms with Crippen molar-refractivity contribution in [3.05, 3.63) is 83.2 Å². The SMILES string of the molecule is CCCNC(=O)c1ccc(C(=O)N2CCOc3ccc(-c4ccc5nc(C)[nH]c5c4)cc3C2)cc1. The third-order valence-electron chi connectivity index (χ3n) is 6.19. The number of ether oxygens (including phenoxy) is 1. The van der Waals surface area contributed by atoms with Crippen molar-refractivity contribution in [2.75, 3.05) is 19.7 Å². The van der Waals surface area contributed by atoms with Gasteiger partial charge < -0.3 is 19.9 Å². The highest BCUT2D eigenvalue weighted by atomic mass is 16.5. The van der Waals surface area contributed by atoms with Gasteiger partial charge in [0.1, 0.15) is 18.2 Å². The van der Waals surface area contributed by atoms with Crippen molar-refractivity contribution in [3.63, 3.8) is 0 Å². The van der Waals surface area contributed by atoms with Crippen molar-refractivity contribution >= 4 is 22.8 Å². The number of carbonyl (C=O) groups is 2. The summed E-state index contributed by atoms with van der Waals surface area (Å²) in [5.41, 5.74) is 6.13. The van der Waals surface area contributed by atoms with Crippen LogP contribution in [0.15, 0.2) is 60.7 Å². The Hall–Kier alpha value is -4.13. The molecule has 178 valence electrons. The molecule has 4 aromatic rings. The molecule has 0 radical (unpaired) electrons. The maximum atomic E-state index is 13.3. The molecule has 0 fully saturated rings. The molecular weight excluding hydrogens is 440 g/mol. The monoisotopic (exact) mass is 468 g/mol. The normalized spacial score (nSPS) is 13.1. The molecule has 5 rings (SSSR count). The molecule has 35 heavy (non-hydrogen) atoms. The summed E-state index contributed by atoms with van der Waals surface area (Å²) in [7, 11) is 0. The lowest BCUT2D eigenvalue weighted by Crippen LogP contribution is -2.32. The predicted octanol–water partition coefficient (Wildman–Crippen LogP) is 4.71. The molecule has 0 aliphatic carbocycles. The number of benzene rings is 3. The minimum Gasteiger partial charge on any atom is -0.491 e. The number of hydrogen-bond acceptors (Lipinski definition) is 4. The van der Waals surface area contributed by atoms with Crippen LogP contribution in [0, 0.1) is 6.92 Å². The van der Waals surface area contributed by atoms with Gasteiger partial charge in [-0.2, -0.15) is 0 Å². The molecule has 0 spiro atoms. The van der Waals surface area contributed by atoms with Gasteiger partial charge in [0.2, 0.25) is 0 Å². The number of nitrogens with zero attached hydrogens (tertiary/aromatic N) is 2. The highest BCUT2D eigenvalue weighted by molar-refractivity contribution is 5.98. The molecule has 0 saturated carbocycles. The van der Waals surface area contributed by atoms with Crippen LogP contribution in [0.25, 0.3) is 22.2 Å². The summed E-state index contributed by atoms with van der Waals surface area (Å²) in [6.07, 6.45) is 0.875. The number of aromatic nitrogens is 2. The van der Waals surface area contributed by atoms with E-state index in [9.17, 15) is 9.59 Å². The molecule has 7 nitrogen and oxygen atoms in total. The first kappa shape index (κ1) is 22.7. The zero-order valence-corrected chi connectivity index (χ0v) is 19.9. The van der Waals surface area contributed by atoms with Crippen molar-refractivity contribution in [2.24, 2.45) is 0 Å². The molecule has 7 heteroatoms. The number of carbonyl (C=O) groups excluding carboxylic acids is 2. The van der Waals surface area contributed by atoms with Crippen LogP contribution in [0.2, 0.25) is 0 Å². The lowest BCUT2D eigenvalue weighted by atomic mass is 10.0. The van der Waals surface area contributed by atoms with Crippen molar-refractivity contribution in [2.45, 2.75) is 26.8 Å². The van der Waals surface area contributed by atoms with Crippen LogP contribution >= 0.6 is 0 Å². The van der Waals surface area contributed by atoms with E-state index >= 15 is 0 Å². The third kappa shape index (κ3) is 4.75. The van der Waals surface area contributed by atoms with E-state index in [1.54, 1.807) is 29.2 Å². The molecule has 1 aliphatic rings. The minimum atomic E-state index is -0.126. The highest BCUT2D eigenvalue weighted by Crippen LogP contribution is 2.31. The van der Waals surface area contributed by atoms with Crippen LogP contribution in [0.4, 0.5) is 0 Å². The molecule has 1 aliphatic heterocycles. The zero-order chi connectivity index (χ0) is 24.4. The van der Waals surface area contributed by atoms with Crippen molar-refractivity contribution < 1.29 is 14.3 Å². The third-order valence-corrected chi connectivity index (χ3v) is 6.19. The van der Waals surface area contributed by atoms with E-state index in [0.29, 0.717) is 37.4 Å². The zero-order valence-electron chi connectivity index (χ0n) is 19.9. The van der Waals surface area contributed by atoms with Gasteiger partial charge in [-0.05, 0) is 73.0 Å². The topological polar surface area (TPSA) is 87.3 Å². The summed E-state index contributed by atoms with van der Waals surface area (Å²) >= 11 is 0. The van der Waals surface area contributed by atoms with Crippen LogP contribution < -0.4 is 10.1 Å². The van der Waals surface area contributed by atoms with Gasteiger partial charge in [-0.3, -0.25) is 9.59 Å². The number of amides is 2. The lowest BCUT2D eigenvalue weighted by molar-refractivity contribution is 0.0732. The minimum absolute atomic E-state index is 0.0817. The second-order valence-corrected chi connectivity index (χ2v) is 8.79. The number of nitrogens with one attached hydrogen (secondary N) is 2. The maximum Gasteiger partial charge on any atom is 0.254 e. The quantitative estimate of drug-likeness (QED) is 0.444. The van der Waals surface area contributed by atoms with Gasteiger partial charge in [0.25, 0.3) is 11.8 Å². The molecule has 0 unspecified atom stereocenters. The van der Waals surface area contributed by atoms with Crippen LogP contribution in [0.3, 0.4) is 0 Å². The van der Waals surface area contributed by atoms with Gasteiger partial charge in [0.15, 0.2) is 0 Å². The molecule has 0 bridgehead atoms. The Balaban J connectivity index is 1.36. The first-order valence-corrected chi connectivity index (χ1v) is 11.9. The molecule has 2 heterocycles. The van der Waals surface area contributed by atoms with E-state index < -0.39 is 0 Å². The fourth-order valence-corrected chi connectivity index (χ4v) is 4.35. The van der Waals surface area contributed by atoms with Crippen molar-refractivity contribution in [1.82, 2.24) is 20.2 Å². The molecule has 2 amide bonds. The summed E-state index contributed by atoms with van der Waals surface area (Å²) in [6.45, 7) is 5.94. The molecule has 1 aromatic heterocycles. The fraction of sp³-hybridized carbons (Fsp3) is 0.250.